The molecule has 7 nitrogen and oxygen atoms in total. The Morgan fingerprint density at radius 3 is 2.53 bits per heavy atom. The molecule has 7 heteroatoms. The van der Waals surface area contributed by atoms with E-state index < -0.39 is 5.60 Å². The van der Waals surface area contributed by atoms with Crippen LogP contribution in [-0.2, 0) is 23.9 Å². The standard InChI is InChI=1S/C23H33N3O4/c1-25-10-9-24-22(25)23(27)18-5-4-6-19(23)16-26(15-18)14-17-7-8-20(29-3)21(13-17)30-12-11-28-2/h7-10,13,18-19,27H,4-6,11-12,14-16H2,1-3H3. The molecule has 2 heterocycles. The number of fused-ring (bicyclic) bond motifs is 2. The lowest BCUT2D eigenvalue weighted by molar-refractivity contribution is -0.155. The molecule has 30 heavy (non-hydrogen) atoms. The van der Waals surface area contributed by atoms with Crippen LogP contribution in [0.5, 0.6) is 11.5 Å². The Hall–Kier alpha value is -2.09. The van der Waals surface area contributed by atoms with E-state index in [2.05, 4.69) is 22.0 Å². The SMILES string of the molecule is COCCOc1cc(CN2CC3CCCC(C2)C3(O)c2nccn2C)ccc1OC. The zero-order valence-corrected chi connectivity index (χ0v) is 18.2. The van der Waals surface area contributed by atoms with E-state index in [9.17, 15) is 5.11 Å². The molecule has 2 fully saturated rings. The van der Waals surface area contributed by atoms with E-state index in [1.54, 1.807) is 20.4 Å². The summed E-state index contributed by atoms with van der Waals surface area (Å²) in [5.41, 5.74) is 0.352. The number of imidazole rings is 1. The maximum atomic E-state index is 11.8. The molecule has 1 saturated carbocycles. The van der Waals surface area contributed by atoms with Gasteiger partial charge in [-0.25, -0.2) is 4.98 Å². The quantitative estimate of drug-likeness (QED) is 0.669. The van der Waals surface area contributed by atoms with Crippen LogP contribution in [0, 0.1) is 11.8 Å². The lowest BCUT2D eigenvalue weighted by atomic mass is 9.65. The number of aromatic nitrogens is 2. The van der Waals surface area contributed by atoms with E-state index >= 15 is 0 Å². The summed E-state index contributed by atoms with van der Waals surface area (Å²) < 4.78 is 18.4. The smallest absolute Gasteiger partial charge is 0.161 e. The Kier molecular flexibility index (Phi) is 6.32. The lowest BCUT2D eigenvalue weighted by Gasteiger charge is -2.52. The Balaban J connectivity index is 1.50. The number of benzene rings is 1. The maximum absolute atomic E-state index is 11.8. The largest absolute Gasteiger partial charge is 0.493 e. The van der Waals surface area contributed by atoms with Crippen molar-refractivity contribution in [1.82, 2.24) is 14.5 Å². The van der Waals surface area contributed by atoms with Gasteiger partial charge in [-0.2, -0.15) is 0 Å². The molecule has 4 rings (SSSR count). The normalized spacial score (nSPS) is 26.5. The molecule has 2 bridgehead atoms. The molecule has 2 atom stereocenters. The van der Waals surface area contributed by atoms with Crippen molar-refractivity contribution in [3.63, 3.8) is 0 Å². The summed E-state index contributed by atoms with van der Waals surface area (Å²) in [7, 11) is 5.30. The van der Waals surface area contributed by atoms with Gasteiger partial charge in [-0.15, -0.1) is 0 Å². The van der Waals surface area contributed by atoms with Gasteiger partial charge in [0.2, 0.25) is 0 Å². The number of ether oxygens (including phenoxy) is 3. The summed E-state index contributed by atoms with van der Waals surface area (Å²) in [5, 5.41) is 11.8. The Morgan fingerprint density at radius 2 is 1.90 bits per heavy atom. The van der Waals surface area contributed by atoms with Crippen molar-refractivity contribution >= 4 is 0 Å². The highest BCUT2D eigenvalue weighted by molar-refractivity contribution is 5.43. The molecule has 1 aliphatic heterocycles. The van der Waals surface area contributed by atoms with Crippen LogP contribution in [-0.4, -0.2) is 60.1 Å². The van der Waals surface area contributed by atoms with Crippen molar-refractivity contribution in [2.75, 3.05) is 40.5 Å². The first-order valence-corrected chi connectivity index (χ1v) is 10.8. The molecule has 1 N–H and O–H groups in total. The van der Waals surface area contributed by atoms with E-state index in [1.807, 2.05) is 23.9 Å². The molecule has 164 valence electrons. The van der Waals surface area contributed by atoms with Gasteiger partial charge in [-0.3, -0.25) is 4.90 Å². The summed E-state index contributed by atoms with van der Waals surface area (Å²) in [6, 6.07) is 6.12. The predicted octanol–water partition coefficient (Wildman–Crippen LogP) is 2.57. The van der Waals surface area contributed by atoms with Gasteiger partial charge in [-0.05, 0) is 30.5 Å². The average Bonchev–Trinajstić information content (AvgIpc) is 3.16. The highest BCUT2D eigenvalue weighted by Crippen LogP contribution is 2.48. The summed E-state index contributed by atoms with van der Waals surface area (Å²) in [6.45, 7) is 3.58. The van der Waals surface area contributed by atoms with Crippen molar-refractivity contribution in [3.8, 4) is 11.5 Å². The minimum absolute atomic E-state index is 0.196. The van der Waals surface area contributed by atoms with Gasteiger partial charge >= 0.3 is 0 Å². The third kappa shape index (κ3) is 3.94. The van der Waals surface area contributed by atoms with Crippen LogP contribution in [0.25, 0.3) is 0 Å². The van der Waals surface area contributed by atoms with E-state index in [4.69, 9.17) is 14.2 Å². The van der Waals surface area contributed by atoms with Gasteiger partial charge < -0.3 is 23.9 Å². The van der Waals surface area contributed by atoms with Crippen LogP contribution in [0.1, 0.15) is 30.7 Å². The molecule has 0 radical (unpaired) electrons. The fourth-order valence-corrected chi connectivity index (χ4v) is 5.21. The molecule has 2 unspecified atom stereocenters. The molecule has 1 aliphatic carbocycles. The van der Waals surface area contributed by atoms with Crippen molar-refractivity contribution in [2.24, 2.45) is 18.9 Å². The summed E-state index contributed by atoms with van der Waals surface area (Å²) in [6.07, 6.45) is 6.96. The first-order chi connectivity index (χ1) is 14.6. The molecule has 2 aliphatic rings. The molecule has 1 aromatic carbocycles. The number of hydrogen-bond donors (Lipinski definition) is 1. The predicted molar refractivity (Wildman–Crippen MR) is 114 cm³/mol. The van der Waals surface area contributed by atoms with Gasteiger partial charge in [0.15, 0.2) is 11.5 Å². The number of aryl methyl sites for hydroxylation is 1. The molecule has 0 spiro atoms. The van der Waals surface area contributed by atoms with Crippen LogP contribution >= 0.6 is 0 Å². The molecule has 1 aromatic heterocycles. The number of rotatable bonds is 8. The Labute approximate surface area is 178 Å². The third-order valence-corrected chi connectivity index (χ3v) is 6.67. The van der Waals surface area contributed by atoms with Crippen molar-refractivity contribution in [3.05, 3.63) is 42.0 Å². The first kappa shape index (κ1) is 21.2. The number of aliphatic hydroxyl groups is 1. The van der Waals surface area contributed by atoms with Gasteiger partial charge in [0.05, 0.1) is 13.7 Å². The van der Waals surface area contributed by atoms with Crippen LogP contribution < -0.4 is 9.47 Å². The highest BCUT2D eigenvalue weighted by atomic mass is 16.5. The summed E-state index contributed by atoms with van der Waals surface area (Å²) in [4.78, 5) is 6.99. The first-order valence-electron chi connectivity index (χ1n) is 10.8. The number of nitrogens with zero attached hydrogens (tertiary/aromatic N) is 3. The minimum Gasteiger partial charge on any atom is -0.493 e. The number of likely N-dealkylation sites (tertiary alicyclic amines) is 1. The Bertz CT molecular complexity index is 839. The van der Waals surface area contributed by atoms with Crippen LogP contribution in [0.3, 0.4) is 0 Å². The van der Waals surface area contributed by atoms with E-state index in [-0.39, 0.29) is 11.8 Å². The fraction of sp³-hybridized carbons (Fsp3) is 0.609. The second-order valence-electron chi connectivity index (χ2n) is 8.53. The van der Waals surface area contributed by atoms with Crippen molar-refractivity contribution in [2.45, 2.75) is 31.4 Å². The van der Waals surface area contributed by atoms with Gasteiger partial charge in [0.25, 0.3) is 0 Å². The summed E-state index contributed by atoms with van der Waals surface area (Å²) >= 11 is 0. The second-order valence-corrected chi connectivity index (χ2v) is 8.53. The summed E-state index contributed by atoms with van der Waals surface area (Å²) in [5.74, 6) is 2.68. The minimum atomic E-state index is -0.832. The van der Waals surface area contributed by atoms with Crippen LogP contribution in [0.15, 0.2) is 30.6 Å². The molecule has 1 saturated heterocycles. The van der Waals surface area contributed by atoms with E-state index in [0.717, 1.165) is 49.8 Å². The van der Waals surface area contributed by atoms with Gasteiger partial charge in [0, 0.05) is 58.0 Å². The maximum Gasteiger partial charge on any atom is 0.161 e. The zero-order chi connectivity index (χ0) is 21.1. The number of piperidine rings is 1. The average molecular weight is 416 g/mol. The van der Waals surface area contributed by atoms with Crippen LogP contribution in [0.2, 0.25) is 0 Å². The number of hydrogen-bond acceptors (Lipinski definition) is 6. The molecule has 0 amide bonds. The molecular weight excluding hydrogens is 382 g/mol. The van der Waals surface area contributed by atoms with Gasteiger partial charge in [0.1, 0.15) is 18.0 Å². The molecular formula is C23H33N3O4. The second kappa shape index (κ2) is 8.96. The number of methoxy groups -OCH3 is 2. The Morgan fingerprint density at radius 1 is 1.13 bits per heavy atom. The third-order valence-electron chi connectivity index (χ3n) is 6.67. The van der Waals surface area contributed by atoms with Gasteiger partial charge in [-0.1, -0.05) is 12.5 Å². The van der Waals surface area contributed by atoms with Crippen LogP contribution in [0.4, 0.5) is 0 Å². The lowest BCUT2D eigenvalue weighted by Crippen LogP contribution is -2.58. The van der Waals surface area contributed by atoms with Crippen molar-refractivity contribution < 1.29 is 19.3 Å². The van der Waals surface area contributed by atoms with Crippen molar-refractivity contribution in [1.29, 1.82) is 0 Å². The monoisotopic (exact) mass is 415 g/mol. The molecule has 2 aromatic rings. The highest BCUT2D eigenvalue weighted by Gasteiger charge is 2.53. The van der Waals surface area contributed by atoms with E-state index in [0.29, 0.717) is 13.2 Å². The van der Waals surface area contributed by atoms with E-state index in [1.165, 1.54) is 12.0 Å². The zero-order valence-electron chi connectivity index (χ0n) is 18.2. The fourth-order valence-electron chi connectivity index (χ4n) is 5.21. The topological polar surface area (TPSA) is 69.0 Å².